The van der Waals surface area contributed by atoms with Crippen molar-refractivity contribution in [1.82, 2.24) is 4.98 Å². The SMILES string of the molecule is CC(C)c1ccc(N(C)c2ccc3c(c2)CC[C@H]3CNc2cnccc2COCO)cc1. The molecule has 1 atom stereocenters. The van der Waals surface area contributed by atoms with Crippen LogP contribution in [0.3, 0.4) is 0 Å². The monoisotopic (exact) mass is 431 g/mol. The van der Waals surface area contributed by atoms with Crippen molar-refractivity contribution >= 4 is 17.1 Å². The number of aliphatic hydroxyl groups is 1. The first-order valence-electron chi connectivity index (χ1n) is 11.4. The Bertz CT molecular complexity index is 1030. The molecule has 1 aliphatic carbocycles. The van der Waals surface area contributed by atoms with E-state index in [1.807, 2.05) is 12.3 Å². The van der Waals surface area contributed by atoms with E-state index in [1.165, 1.54) is 28.1 Å². The van der Waals surface area contributed by atoms with Gasteiger partial charge >= 0.3 is 0 Å². The third-order valence-electron chi connectivity index (χ3n) is 6.46. The smallest absolute Gasteiger partial charge is 0.144 e. The molecule has 1 aromatic heterocycles. The van der Waals surface area contributed by atoms with Crippen LogP contribution in [0.5, 0.6) is 0 Å². The fraction of sp³-hybridized carbons (Fsp3) is 0.370. The number of anilines is 3. The van der Waals surface area contributed by atoms with Gasteiger partial charge < -0.3 is 20.1 Å². The largest absolute Gasteiger partial charge is 0.383 e. The molecule has 1 heterocycles. The van der Waals surface area contributed by atoms with Crippen LogP contribution < -0.4 is 10.2 Å². The first-order valence-corrected chi connectivity index (χ1v) is 11.4. The summed E-state index contributed by atoms with van der Waals surface area (Å²) in [4.78, 5) is 6.49. The first-order chi connectivity index (χ1) is 15.6. The molecule has 2 aromatic carbocycles. The van der Waals surface area contributed by atoms with Crippen molar-refractivity contribution in [3.8, 4) is 0 Å². The Morgan fingerprint density at radius 2 is 1.91 bits per heavy atom. The number of rotatable bonds is 9. The summed E-state index contributed by atoms with van der Waals surface area (Å²) in [6.07, 6.45) is 5.82. The minimum absolute atomic E-state index is 0.281. The zero-order valence-electron chi connectivity index (χ0n) is 19.2. The number of aromatic nitrogens is 1. The molecule has 0 spiro atoms. The molecule has 0 amide bonds. The highest BCUT2D eigenvalue weighted by molar-refractivity contribution is 5.65. The van der Waals surface area contributed by atoms with Crippen LogP contribution in [0.1, 0.15) is 54.4 Å². The third-order valence-corrected chi connectivity index (χ3v) is 6.46. The van der Waals surface area contributed by atoms with E-state index in [9.17, 15) is 0 Å². The highest BCUT2D eigenvalue weighted by Gasteiger charge is 2.23. The lowest BCUT2D eigenvalue weighted by Crippen LogP contribution is -2.13. The van der Waals surface area contributed by atoms with Crippen LogP contribution in [0.4, 0.5) is 17.1 Å². The number of ether oxygens (including phenoxy) is 1. The second-order valence-corrected chi connectivity index (χ2v) is 8.82. The Hall–Kier alpha value is -2.89. The second kappa shape index (κ2) is 10.2. The third kappa shape index (κ3) is 4.95. The summed E-state index contributed by atoms with van der Waals surface area (Å²) in [6.45, 7) is 5.40. The molecule has 0 radical (unpaired) electrons. The van der Waals surface area contributed by atoms with Crippen molar-refractivity contribution in [1.29, 1.82) is 0 Å². The lowest BCUT2D eigenvalue weighted by molar-refractivity contribution is -0.0110. The Kier molecular flexibility index (Phi) is 7.08. The number of fused-ring (bicyclic) bond motifs is 1. The van der Waals surface area contributed by atoms with Gasteiger partial charge in [0, 0.05) is 42.6 Å². The summed E-state index contributed by atoms with van der Waals surface area (Å²) >= 11 is 0. The van der Waals surface area contributed by atoms with Crippen LogP contribution in [0.15, 0.2) is 60.9 Å². The average Bonchev–Trinajstić information content (AvgIpc) is 3.23. The van der Waals surface area contributed by atoms with Gasteiger partial charge in [-0.15, -0.1) is 0 Å². The molecule has 168 valence electrons. The van der Waals surface area contributed by atoms with Gasteiger partial charge in [0.25, 0.3) is 0 Å². The molecule has 2 N–H and O–H groups in total. The number of benzene rings is 2. The molecule has 0 saturated carbocycles. The van der Waals surface area contributed by atoms with E-state index in [-0.39, 0.29) is 6.79 Å². The summed E-state index contributed by atoms with van der Waals surface area (Å²) in [5, 5.41) is 12.5. The Balaban J connectivity index is 1.44. The predicted molar refractivity (Wildman–Crippen MR) is 131 cm³/mol. The fourth-order valence-corrected chi connectivity index (χ4v) is 4.44. The van der Waals surface area contributed by atoms with Crippen molar-refractivity contribution in [2.75, 3.05) is 30.6 Å². The number of hydrogen-bond acceptors (Lipinski definition) is 5. The van der Waals surface area contributed by atoms with Crippen molar-refractivity contribution in [2.24, 2.45) is 0 Å². The van der Waals surface area contributed by atoms with Crippen molar-refractivity contribution in [3.63, 3.8) is 0 Å². The molecule has 5 heteroatoms. The van der Waals surface area contributed by atoms with Crippen molar-refractivity contribution < 1.29 is 9.84 Å². The van der Waals surface area contributed by atoms with E-state index < -0.39 is 0 Å². The Morgan fingerprint density at radius 3 is 2.66 bits per heavy atom. The van der Waals surface area contributed by atoms with E-state index in [4.69, 9.17) is 9.84 Å². The predicted octanol–water partition coefficient (Wildman–Crippen LogP) is 5.58. The molecule has 0 fully saturated rings. The number of nitrogens with zero attached hydrogens (tertiary/aromatic N) is 2. The lowest BCUT2D eigenvalue weighted by Gasteiger charge is -2.22. The summed E-state index contributed by atoms with van der Waals surface area (Å²) in [5.74, 6) is 1.02. The quantitative estimate of drug-likeness (QED) is 0.433. The summed E-state index contributed by atoms with van der Waals surface area (Å²) < 4.78 is 5.16. The highest BCUT2D eigenvalue weighted by Crippen LogP contribution is 2.37. The normalized spacial score (nSPS) is 15.1. The van der Waals surface area contributed by atoms with E-state index in [2.05, 4.69) is 78.6 Å². The fourth-order valence-electron chi connectivity index (χ4n) is 4.44. The summed E-state index contributed by atoms with van der Waals surface area (Å²) in [7, 11) is 2.14. The zero-order chi connectivity index (χ0) is 22.5. The number of aliphatic hydroxyl groups excluding tert-OH is 1. The molecule has 4 rings (SSSR count). The van der Waals surface area contributed by atoms with E-state index in [1.54, 1.807) is 6.20 Å². The van der Waals surface area contributed by atoms with Crippen molar-refractivity contribution in [3.05, 3.63) is 83.2 Å². The Morgan fingerprint density at radius 1 is 1.12 bits per heavy atom. The first kappa shape index (κ1) is 22.3. The van der Waals surface area contributed by atoms with E-state index >= 15 is 0 Å². The molecule has 0 saturated heterocycles. The molecule has 0 aliphatic heterocycles. The molecule has 3 aromatic rings. The van der Waals surface area contributed by atoms with Gasteiger partial charge in [-0.1, -0.05) is 32.0 Å². The molecule has 0 bridgehead atoms. The van der Waals surface area contributed by atoms with Crippen LogP contribution >= 0.6 is 0 Å². The van der Waals surface area contributed by atoms with Gasteiger partial charge in [0.2, 0.25) is 0 Å². The van der Waals surface area contributed by atoms with E-state index in [0.29, 0.717) is 18.4 Å². The maximum atomic E-state index is 8.94. The lowest BCUT2D eigenvalue weighted by atomic mass is 10.00. The van der Waals surface area contributed by atoms with Crippen molar-refractivity contribution in [2.45, 2.75) is 45.1 Å². The molecule has 5 nitrogen and oxygen atoms in total. The van der Waals surface area contributed by atoms with Gasteiger partial charge in [0.15, 0.2) is 0 Å². The van der Waals surface area contributed by atoms with Gasteiger partial charge in [0.1, 0.15) is 6.79 Å². The molecule has 1 aliphatic rings. The molecular weight excluding hydrogens is 398 g/mol. The van der Waals surface area contributed by atoms with Crippen LogP contribution in [-0.4, -0.2) is 30.5 Å². The van der Waals surface area contributed by atoms with Crippen LogP contribution in [0.25, 0.3) is 0 Å². The van der Waals surface area contributed by atoms with Gasteiger partial charge in [-0.2, -0.15) is 0 Å². The van der Waals surface area contributed by atoms with Gasteiger partial charge in [-0.05, 0) is 65.8 Å². The standard InChI is InChI=1S/C27H33N3O2/c1-19(2)20-6-8-24(9-7-20)30(3)25-10-11-26-21(14-25)4-5-22(26)15-29-27-16-28-13-12-23(27)17-32-18-31/h6-14,16,19,22,29,31H,4-5,15,17-18H2,1-3H3/t22-/m0/s1. The summed E-state index contributed by atoms with van der Waals surface area (Å²) in [5.41, 5.74) is 8.65. The van der Waals surface area contributed by atoms with Gasteiger partial charge in [0.05, 0.1) is 18.5 Å². The maximum Gasteiger partial charge on any atom is 0.144 e. The van der Waals surface area contributed by atoms with Gasteiger partial charge in [-0.25, -0.2) is 0 Å². The zero-order valence-corrected chi connectivity index (χ0v) is 19.2. The number of pyridine rings is 1. The summed E-state index contributed by atoms with van der Waals surface area (Å²) in [6, 6.07) is 17.7. The minimum atomic E-state index is -0.281. The number of nitrogens with one attached hydrogen (secondary N) is 1. The van der Waals surface area contributed by atoms with Crippen LogP contribution in [0.2, 0.25) is 0 Å². The number of aryl methyl sites for hydroxylation is 1. The number of hydrogen-bond donors (Lipinski definition) is 2. The second-order valence-electron chi connectivity index (χ2n) is 8.82. The van der Waals surface area contributed by atoms with Crippen LogP contribution in [0, 0.1) is 0 Å². The van der Waals surface area contributed by atoms with Gasteiger partial charge in [-0.3, -0.25) is 4.98 Å². The Labute approximate surface area is 191 Å². The maximum absolute atomic E-state index is 8.94. The topological polar surface area (TPSA) is 57.6 Å². The molecule has 0 unspecified atom stereocenters. The highest BCUT2D eigenvalue weighted by atomic mass is 16.6. The van der Waals surface area contributed by atoms with E-state index in [0.717, 1.165) is 30.6 Å². The average molecular weight is 432 g/mol. The minimum Gasteiger partial charge on any atom is -0.383 e. The molecule has 32 heavy (non-hydrogen) atoms. The molecular formula is C27H33N3O2. The van der Waals surface area contributed by atoms with Crippen LogP contribution in [-0.2, 0) is 17.8 Å².